The molecule has 13 atom stereocenters. The maximum atomic E-state index is 13.1. The maximum absolute atomic E-state index is 13.1. The van der Waals surface area contributed by atoms with Crippen molar-refractivity contribution in [2.75, 3.05) is 0 Å². The molecule has 1 rings (SSSR count). The fraction of sp³-hybridized carbons (Fsp3) is 0.804. The highest BCUT2D eigenvalue weighted by Gasteiger charge is 2.49. The van der Waals surface area contributed by atoms with Crippen molar-refractivity contribution in [3.63, 3.8) is 0 Å². The molecule has 9 nitrogen and oxygen atoms in total. The summed E-state index contributed by atoms with van der Waals surface area (Å²) >= 11 is 0. The van der Waals surface area contributed by atoms with Crippen molar-refractivity contribution in [1.29, 1.82) is 0 Å². The Morgan fingerprint density at radius 3 is 1.71 bits per heavy atom. The normalized spacial score (nSPS) is 24.6. The van der Waals surface area contributed by atoms with Crippen LogP contribution in [0.25, 0.3) is 0 Å². The number of allylic oxidation sites excluding steroid dienone is 3. The Labute approximate surface area is 390 Å². The van der Waals surface area contributed by atoms with Gasteiger partial charge in [-0.15, -0.1) is 0 Å². The summed E-state index contributed by atoms with van der Waals surface area (Å²) in [7, 11) is -6.65. The quantitative estimate of drug-likeness (QED) is 0.0476. The number of hydrogen-bond donors (Lipinski definition) is 2. The van der Waals surface area contributed by atoms with E-state index in [-0.39, 0.29) is 80.8 Å². The number of primary amides is 1. The molecule has 1 aliphatic rings. The molecule has 12 heteroatoms. The largest absolute Gasteiger partial charge is 0.462 e. The van der Waals surface area contributed by atoms with Gasteiger partial charge in [-0.05, 0) is 92.4 Å². The molecule has 63 heavy (non-hydrogen) atoms. The lowest BCUT2D eigenvalue weighted by Gasteiger charge is -2.46. The lowest BCUT2D eigenvalue weighted by molar-refractivity contribution is -0.177. The molecule has 1 amide bonds. The Kier molecular flexibility index (Phi) is 21.9. The minimum atomic E-state index is -2.26. The molecule has 0 aliphatic carbocycles. The van der Waals surface area contributed by atoms with Crippen LogP contribution in [-0.2, 0) is 27.5 Å². The van der Waals surface area contributed by atoms with E-state index in [2.05, 4.69) is 162 Å². The van der Waals surface area contributed by atoms with Crippen molar-refractivity contribution in [1.82, 2.24) is 0 Å². The highest BCUT2D eigenvalue weighted by molar-refractivity contribution is 6.75. The molecule has 0 aromatic rings. The van der Waals surface area contributed by atoms with Gasteiger partial charge < -0.3 is 33.6 Å². The Balaban J connectivity index is 3.54. The van der Waals surface area contributed by atoms with Gasteiger partial charge >= 0.3 is 12.1 Å². The summed E-state index contributed by atoms with van der Waals surface area (Å²) in [4.78, 5) is 25.4. The van der Waals surface area contributed by atoms with Gasteiger partial charge in [-0.3, -0.25) is 4.79 Å². The molecule has 1 fully saturated rings. The molecule has 366 valence electrons. The molecule has 1 aliphatic heterocycles. The molecule has 0 bridgehead atoms. The average molecular weight is 937 g/mol. The third-order valence-electron chi connectivity index (χ3n) is 15.2. The van der Waals surface area contributed by atoms with Crippen LogP contribution in [0.2, 0.25) is 54.4 Å². The van der Waals surface area contributed by atoms with Gasteiger partial charge in [0.05, 0.1) is 30.3 Å². The molecule has 0 saturated carbocycles. The molecular formula is C51H97NO8Si3. The van der Waals surface area contributed by atoms with Gasteiger partial charge in [-0.2, -0.15) is 0 Å². The van der Waals surface area contributed by atoms with Crippen molar-refractivity contribution in [3.8, 4) is 0 Å². The fourth-order valence-electron chi connectivity index (χ4n) is 7.97. The molecule has 0 aromatic heterocycles. The molecule has 0 unspecified atom stereocenters. The highest BCUT2D eigenvalue weighted by atomic mass is 28.4. The first-order chi connectivity index (χ1) is 28.3. The first-order valence-corrected chi connectivity index (χ1v) is 32.6. The summed E-state index contributed by atoms with van der Waals surface area (Å²) in [6.45, 7) is 54.5. The zero-order valence-electron chi connectivity index (χ0n) is 44.5. The lowest BCUT2D eigenvalue weighted by Crippen LogP contribution is -2.54. The SMILES string of the molecule is C=C/C=C\[C@H](C)[C@H](OC(N)=O)[C@@H](C)[C@H](O[Si](C)(C)C(C)(C)C)[C@@H](C)C/C(C)=C\[C@H](C)[C@@H](O[Si](C)(C)C(C)(C)C)[C@@H](C)/C=C\[C@@H](O)C[C@@H]1OC(=O)[C@H](C)[C@@H](O[Si](C)(C)C(C)(C)C)[C@H]1C. The van der Waals surface area contributed by atoms with Crippen molar-refractivity contribution in [3.05, 3.63) is 48.6 Å². The van der Waals surface area contributed by atoms with Crippen LogP contribution in [0, 0.1) is 41.4 Å². The number of nitrogens with two attached hydrogens (primary N) is 1. The predicted molar refractivity (Wildman–Crippen MR) is 272 cm³/mol. The zero-order chi connectivity index (χ0) is 49.4. The third-order valence-corrected chi connectivity index (χ3v) is 28.6. The van der Waals surface area contributed by atoms with E-state index in [1.807, 2.05) is 32.1 Å². The number of rotatable bonds is 22. The lowest BCUT2D eigenvalue weighted by atomic mass is 9.81. The molecule has 0 spiro atoms. The standard InChI is InChI=1S/C51H97NO8Si3/c1-25-26-27-34(3)44(57-48(52)55)39(8)45(59-62(21,22)50(13,14)15)37(6)31-33(2)30-36(5)43(58-61(19,20)49(10,11)12)35(4)28-29-41(53)32-42-38(7)46(40(9)47(54)56-42)60-63(23,24)51(16,17)18/h25-30,34-46,53H,1,31-32H2,2-24H3,(H2,52,55)/b27-26-,29-28-,33-30-/t34-,35-,36-,37-,38-,39+,40+,41+,42-,43-,44-,45+,46-/m0/s1. The molecular weight excluding hydrogens is 839 g/mol. The smallest absolute Gasteiger partial charge is 0.404 e. The first kappa shape index (κ1) is 59.2. The van der Waals surface area contributed by atoms with Crippen LogP contribution < -0.4 is 5.73 Å². The number of esters is 1. The summed E-state index contributed by atoms with van der Waals surface area (Å²) < 4.78 is 33.1. The van der Waals surface area contributed by atoms with Crippen LogP contribution in [0.5, 0.6) is 0 Å². The summed E-state index contributed by atoms with van der Waals surface area (Å²) in [5.74, 6) is -0.849. The van der Waals surface area contributed by atoms with E-state index < -0.39 is 49.4 Å². The van der Waals surface area contributed by atoms with Gasteiger partial charge in [0.2, 0.25) is 0 Å². The molecule has 3 N–H and O–H groups in total. The Morgan fingerprint density at radius 2 is 1.25 bits per heavy atom. The van der Waals surface area contributed by atoms with Gasteiger partial charge in [0.25, 0.3) is 0 Å². The van der Waals surface area contributed by atoms with Crippen LogP contribution in [0.3, 0.4) is 0 Å². The topological polar surface area (TPSA) is 127 Å². The van der Waals surface area contributed by atoms with Gasteiger partial charge in [0.1, 0.15) is 12.2 Å². The second kappa shape index (κ2) is 23.3. The summed E-state index contributed by atoms with van der Waals surface area (Å²) in [5, 5.41) is 11.5. The van der Waals surface area contributed by atoms with E-state index in [1.165, 1.54) is 5.57 Å². The van der Waals surface area contributed by atoms with Gasteiger partial charge in [-0.1, -0.05) is 152 Å². The van der Waals surface area contributed by atoms with E-state index in [1.54, 1.807) is 6.08 Å². The first-order valence-electron chi connectivity index (χ1n) is 23.8. The number of ether oxygens (including phenoxy) is 2. The van der Waals surface area contributed by atoms with Crippen LogP contribution >= 0.6 is 0 Å². The Bertz CT molecular complexity index is 1570. The third kappa shape index (κ3) is 17.1. The van der Waals surface area contributed by atoms with E-state index in [9.17, 15) is 14.7 Å². The fourth-order valence-corrected chi connectivity index (χ4v) is 12.4. The van der Waals surface area contributed by atoms with E-state index in [4.69, 9.17) is 28.5 Å². The van der Waals surface area contributed by atoms with Crippen molar-refractivity contribution in [2.45, 2.75) is 222 Å². The minimum Gasteiger partial charge on any atom is -0.462 e. The van der Waals surface area contributed by atoms with Crippen molar-refractivity contribution >= 4 is 37.0 Å². The van der Waals surface area contributed by atoms with E-state index >= 15 is 0 Å². The Morgan fingerprint density at radius 1 is 0.778 bits per heavy atom. The second-order valence-corrected chi connectivity index (χ2v) is 38.3. The number of hydrogen-bond acceptors (Lipinski definition) is 8. The Hall–Kier alpha value is -1.81. The minimum absolute atomic E-state index is 0.00200. The summed E-state index contributed by atoms with van der Waals surface area (Å²) in [6.07, 6.45) is 9.80. The van der Waals surface area contributed by atoms with Gasteiger partial charge in [0.15, 0.2) is 25.0 Å². The average Bonchev–Trinajstić information content (AvgIpc) is 3.11. The maximum Gasteiger partial charge on any atom is 0.404 e. The van der Waals surface area contributed by atoms with E-state index in [0.29, 0.717) is 6.42 Å². The van der Waals surface area contributed by atoms with E-state index in [0.717, 1.165) is 6.42 Å². The second-order valence-electron chi connectivity index (χ2n) is 24.0. The van der Waals surface area contributed by atoms with Crippen molar-refractivity contribution < 1.29 is 37.4 Å². The predicted octanol–water partition coefficient (Wildman–Crippen LogP) is 13.4. The van der Waals surface area contributed by atoms with Gasteiger partial charge in [-0.25, -0.2) is 4.79 Å². The summed E-state index contributed by atoms with van der Waals surface area (Å²) in [6, 6.07) is 0. The van der Waals surface area contributed by atoms with Crippen LogP contribution in [-0.4, -0.2) is 78.7 Å². The number of carbonyl (C=O) groups excluding carboxylic acids is 2. The molecule has 1 heterocycles. The van der Waals surface area contributed by atoms with Crippen LogP contribution in [0.4, 0.5) is 4.79 Å². The van der Waals surface area contributed by atoms with Crippen LogP contribution in [0.15, 0.2) is 48.6 Å². The van der Waals surface area contributed by atoms with Gasteiger partial charge in [0, 0.05) is 24.2 Å². The number of aliphatic hydroxyl groups is 1. The molecule has 1 saturated heterocycles. The number of cyclic esters (lactones) is 1. The number of amides is 1. The van der Waals surface area contributed by atoms with Crippen molar-refractivity contribution in [2.24, 2.45) is 47.2 Å². The monoisotopic (exact) mass is 936 g/mol. The zero-order valence-corrected chi connectivity index (χ0v) is 47.5. The number of aliphatic hydroxyl groups excluding tert-OH is 1. The summed E-state index contributed by atoms with van der Waals surface area (Å²) in [5.41, 5.74) is 6.89. The number of carbonyl (C=O) groups is 2. The molecule has 0 radical (unpaired) electrons. The van der Waals surface area contributed by atoms with Crippen LogP contribution in [0.1, 0.15) is 131 Å². The highest BCUT2D eigenvalue weighted by Crippen LogP contribution is 2.44. The molecule has 0 aromatic carbocycles.